The van der Waals surface area contributed by atoms with E-state index in [4.69, 9.17) is 9.26 Å². The molecule has 3 amide bonds. The van der Waals surface area contributed by atoms with Crippen molar-refractivity contribution in [3.63, 3.8) is 0 Å². The monoisotopic (exact) mass is 512 g/mol. The molecule has 10 nitrogen and oxygen atoms in total. The number of nitrogens with zero attached hydrogens (tertiary/aromatic N) is 2. The smallest absolute Gasteiger partial charge is 0.257 e. The van der Waals surface area contributed by atoms with E-state index in [2.05, 4.69) is 15.8 Å². The molecule has 0 saturated carbocycles. The Hall–Kier alpha value is -3.53. The van der Waals surface area contributed by atoms with E-state index in [1.54, 1.807) is 20.8 Å². The van der Waals surface area contributed by atoms with E-state index in [0.29, 0.717) is 30.8 Å². The van der Waals surface area contributed by atoms with Crippen molar-refractivity contribution in [3.8, 4) is 0 Å². The highest BCUT2D eigenvalue weighted by molar-refractivity contribution is 6.00. The van der Waals surface area contributed by atoms with Crippen LogP contribution in [0, 0.1) is 19.8 Å². The molecule has 1 aromatic carbocycles. The number of carbonyl (C=O) groups excluding carboxylic acids is 4. The Balaban J connectivity index is 1.80. The maximum atomic E-state index is 13.8. The van der Waals surface area contributed by atoms with Crippen LogP contribution in [0.1, 0.15) is 61.0 Å². The summed E-state index contributed by atoms with van der Waals surface area (Å²) in [5, 5.41) is 9.35. The molecule has 1 fully saturated rings. The number of aldehydes is 1. The lowest BCUT2D eigenvalue weighted by molar-refractivity contribution is -0.141. The van der Waals surface area contributed by atoms with Crippen LogP contribution in [0.5, 0.6) is 0 Å². The van der Waals surface area contributed by atoms with E-state index in [1.165, 1.54) is 4.90 Å². The van der Waals surface area contributed by atoms with Gasteiger partial charge in [0.05, 0.1) is 24.4 Å². The summed E-state index contributed by atoms with van der Waals surface area (Å²) in [5.74, 6) is -1.18. The lowest BCUT2D eigenvalue weighted by Crippen LogP contribution is -2.56. The first-order valence-electron chi connectivity index (χ1n) is 12.6. The molecule has 2 heterocycles. The number of hydrogen-bond acceptors (Lipinski definition) is 7. The summed E-state index contributed by atoms with van der Waals surface area (Å²) in [6, 6.07) is 7.26. The van der Waals surface area contributed by atoms with E-state index in [9.17, 15) is 19.2 Å². The summed E-state index contributed by atoms with van der Waals surface area (Å²) in [6.45, 7) is 9.25. The van der Waals surface area contributed by atoms with E-state index in [1.807, 2.05) is 44.2 Å². The van der Waals surface area contributed by atoms with Gasteiger partial charge in [-0.05, 0) is 31.7 Å². The average molecular weight is 513 g/mol. The summed E-state index contributed by atoms with van der Waals surface area (Å²) in [7, 11) is 0. The van der Waals surface area contributed by atoms with Crippen molar-refractivity contribution in [1.82, 2.24) is 20.7 Å². The van der Waals surface area contributed by atoms with Crippen molar-refractivity contribution in [2.24, 2.45) is 5.92 Å². The summed E-state index contributed by atoms with van der Waals surface area (Å²) < 4.78 is 11.2. The fraction of sp³-hybridized carbons (Fsp3) is 0.519. The predicted octanol–water partition coefficient (Wildman–Crippen LogP) is 2.33. The minimum Gasteiger partial charge on any atom is -0.372 e. The molecule has 1 saturated heterocycles. The molecule has 37 heavy (non-hydrogen) atoms. The number of nitrogens with one attached hydrogen (secondary N) is 2. The van der Waals surface area contributed by atoms with Crippen LogP contribution in [0.25, 0.3) is 0 Å². The van der Waals surface area contributed by atoms with Gasteiger partial charge in [-0.15, -0.1) is 0 Å². The van der Waals surface area contributed by atoms with Crippen LogP contribution in [0.2, 0.25) is 0 Å². The Morgan fingerprint density at radius 2 is 1.89 bits per heavy atom. The van der Waals surface area contributed by atoms with Gasteiger partial charge in [0.15, 0.2) is 0 Å². The lowest BCUT2D eigenvalue weighted by atomic mass is 10.0. The lowest BCUT2D eigenvalue weighted by Gasteiger charge is -2.30. The van der Waals surface area contributed by atoms with Gasteiger partial charge in [-0.1, -0.05) is 56.3 Å². The molecule has 10 heteroatoms. The topological polar surface area (TPSA) is 131 Å². The van der Waals surface area contributed by atoms with Crippen molar-refractivity contribution in [2.75, 3.05) is 6.54 Å². The third-order valence-corrected chi connectivity index (χ3v) is 6.59. The molecule has 1 aliphatic heterocycles. The van der Waals surface area contributed by atoms with Gasteiger partial charge >= 0.3 is 0 Å². The van der Waals surface area contributed by atoms with Crippen molar-refractivity contribution >= 4 is 24.0 Å². The molecule has 0 bridgehead atoms. The second kappa shape index (κ2) is 12.6. The van der Waals surface area contributed by atoms with Crippen LogP contribution in [0.4, 0.5) is 0 Å². The van der Waals surface area contributed by atoms with Crippen LogP contribution in [0.3, 0.4) is 0 Å². The van der Waals surface area contributed by atoms with Crippen LogP contribution in [-0.4, -0.2) is 64.8 Å². The molecule has 0 aliphatic carbocycles. The maximum absolute atomic E-state index is 13.8. The molecule has 2 N–H and O–H groups in total. The average Bonchev–Trinajstić information content (AvgIpc) is 3.47. The van der Waals surface area contributed by atoms with Gasteiger partial charge in [0.1, 0.15) is 29.7 Å². The van der Waals surface area contributed by atoms with Crippen LogP contribution >= 0.6 is 0 Å². The van der Waals surface area contributed by atoms with Gasteiger partial charge < -0.3 is 29.6 Å². The zero-order valence-electron chi connectivity index (χ0n) is 22.0. The highest BCUT2D eigenvalue weighted by Gasteiger charge is 2.43. The summed E-state index contributed by atoms with van der Waals surface area (Å²) in [4.78, 5) is 52.8. The number of aryl methyl sites for hydroxylation is 2. The molecule has 200 valence electrons. The fourth-order valence-corrected chi connectivity index (χ4v) is 4.42. The van der Waals surface area contributed by atoms with Crippen molar-refractivity contribution < 1.29 is 28.4 Å². The molecule has 4 atom stereocenters. The molecule has 0 spiro atoms. The van der Waals surface area contributed by atoms with Gasteiger partial charge in [0, 0.05) is 13.0 Å². The molecule has 2 aromatic rings. The Kier molecular flexibility index (Phi) is 9.57. The quantitative estimate of drug-likeness (QED) is 0.442. The molecule has 1 aromatic heterocycles. The summed E-state index contributed by atoms with van der Waals surface area (Å²) in [5.41, 5.74) is 1.69. The van der Waals surface area contributed by atoms with Crippen LogP contribution in [0.15, 0.2) is 34.9 Å². The minimum absolute atomic E-state index is 0.187. The number of hydrogen-bond donors (Lipinski definition) is 2. The van der Waals surface area contributed by atoms with Gasteiger partial charge in [0.25, 0.3) is 5.91 Å². The standard InChI is InChI=1S/C27H36N4O6/c1-6-20(14-32)28-25(33)22-12-21(36-15-19-10-8-7-9-11-19)13-31(22)27(35)24(16(2)3)29-26(34)23-17(4)30-37-18(23)5/h7-11,14,16,20-22,24H,6,12-13,15H2,1-5H3,(H,28,33)(H,29,34)/t20-,21+,22-,24-/m0/s1. The number of aromatic nitrogens is 1. The third-order valence-electron chi connectivity index (χ3n) is 6.59. The number of rotatable bonds is 11. The molecule has 1 aliphatic rings. The molecule has 0 unspecified atom stereocenters. The molecule has 0 radical (unpaired) electrons. The zero-order valence-corrected chi connectivity index (χ0v) is 22.0. The number of carbonyl (C=O) groups is 4. The number of likely N-dealkylation sites (tertiary alicyclic amines) is 1. The second-order valence-corrected chi connectivity index (χ2v) is 9.71. The van der Waals surface area contributed by atoms with E-state index < -0.39 is 29.9 Å². The van der Waals surface area contributed by atoms with Crippen LogP contribution < -0.4 is 10.6 Å². The van der Waals surface area contributed by atoms with Gasteiger partial charge in [0.2, 0.25) is 11.8 Å². The van der Waals surface area contributed by atoms with Crippen LogP contribution in [-0.2, 0) is 25.7 Å². The van der Waals surface area contributed by atoms with E-state index in [-0.39, 0.29) is 36.5 Å². The zero-order chi connectivity index (χ0) is 27.1. The highest BCUT2D eigenvalue weighted by atomic mass is 16.5. The van der Waals surface area contributed by atoms with Gasteiger partial charge in [-0.25, -0.2) is 0 Å². The third kappa shape index (κ3) is 6.82. The predicted molar refractivity (Wildman–Crippen MR) is 135 cm³/mol. The first kappa shape index (κ1) is 28.0. The number of amides is 3. The highest BCUT2D eigenvalue weighted by Crippen LogP contribution is 2.25. The normalized spacial score (nSPS) is 18.9. The Labute approximate surface area is 217 Å². The second-order valence-electron chi connectivity index (χ2n) is 9.71. The largest absolute Gasteiger partial charge is 0.372 e. The van der Waals surface area contributed by atoms with Gasteiger partial charge in [-0.2, -0.15) is 0 Å². The maximum Gasteiger partial charge on any atom is 0.257 e. The Bertz CT molecular complexity index is 1080. The first-order chi connectivity index (χ1) is 17.7. The fourth-order valence-electron chi connectivity index (χ4n) is 4.42. The number of benzene rings is 1. The van der Waals surface area contributed by atoms with E-state index in [0.717, 1.165) is 5.56 Å². The summed E-state index contributed by atoms with van der Waals surface area (Å²) >= 11 is 0. The van der Waals surface area contributed by atoms with Gasteiger partial charge in [-0.3, -0.25) is 14.4 Å². The number of ether oxygens (including phenoxy) is 1. The van der Waals surface area contributed by atoms with Crippen molar-refractivity contribution in [2.45, 2.75) is 78.3 Å². The Morgan fingerprint density at radius 1 is 1.19 bits per heavy atom. The minimum atomic E-state index is -0.891. The summed E-state index contributed by atoms with van der Waals surface area (Å²) in [6.07, 6.45) is 1.01. The SMILES string of the molecule is CC[C@@H](C=O)NC(=O)[C@@H]1C[C@@H](OCc2ccccc2)CN1C(=O)[C@@H](NC(=O)c1c(C)noc1C)C(C)C. The molecule has 3 rings (SSSR count). The molecular formula is C27H36N4O6. The van der Waals surface area contributed by atoms with E-state index >= 15 is 0 Å². The molecular weight excluding hydrogens is 476 g/mol. The first-order valence-corrected chi connectivity index (χ1v) is 12.6. The van der Waals surface area contributed by atoms with Crippen molar-refractivity contribution in [3.05, 3.63) is 52.9 Å². The Morgan fingerprint density at radius 3 is 2.46 bits per heavy atom. The van der Waals surface area contributed by atoms with Crippen molar-refractivity contribution in [1.29, 1.82) is 0 Å².